The maximum Gasteiger partial charge on any atom is 0.310 e. The zero-order valence-corrected chi connectivity index (χ0v) is 18.2. The van der Waals surface area contributed by atoms with Gasteiger partial charge in [-0.2, -0.15) is 5.10 Å². The van der Waals surface area contributed by atoms with Crippen molar-refractivity contribution in [3.05, 3.63) is 48.3 Å². The van der Waals surface area contributed by atoms with E-state index in [-0.39, 0.29) is 41.8 Å². The number of carbonyl (C=O) groups excluding carboxylic acids is 1. The Morgan fingerprint density at radius 2 is 2.19 bits per heavy atom. The number of hydrogen-bond donors (Lipinski definition) is 1. The molecule has 0 saturated carbocycles. The number of carbonyl (C=O) groups is 1. The van der Waals surface area contributed by atoms with Crippen LogP contribution in [0.1, 0.15) is 12.5 Å². The predicted octanol–water partition coefficient (Wildman–Crippen LogP) is 2.31. The maximum atomic E-state index is 11.9. The van der Waals surface area contributed by atoms with Gasteiger partial charge in [0.05, 0.1) is 18.7 Å². The Hall–Kier alpha value is -2.10. The molecule has 1 saturated heterocycles. The van der Waals surface area contributed by atoms with Crippen LogP contribution >= 0.6 is 24.0 Å². The fraction of sp³-hybridized carbons (Fsp3) is 0.421. The number of hydrogen-bond acceptors (Lipinski definition) is 4. The highest BCUT2D eigenvalue weighted by molar-refractivity contribution is 14.0. The first-order valence-corrected chi connectivity index (χ1v) is 8.74. The minimum absolute atomic E-state index is 0. The van der Waals surface area contributed by atoms with Crippen LogP contribution in [0.4, 0.5) is 0 Å². The fourth-order valence-electron chi connectivity index (χ4n) is 3.34. The molecule has 1 N–H and O–H groups in total. The summed E-state index contributed by atoms with van der Waals surface area (Å²) in [5.74, 6) is 0.779. The van der Waals surface area contributed by atoms with Crippen LogP contribution in [0, 0.1) is 11.8 Å². The molecule has 0 spiro atoms. The molecule has 2 unspecified atom stereocenters. The molecule has 7 nitrogen and oxygen atoms in total. The first-order chi connectivity index (χ1) is 12.6. The molecule has 1 aliphatic heterocycles. The highest BCUT2D eigenvalue weighted by atomic mass is 127. The normalized spacial score (nSPS) is 19.5. The van der Waals surface area contributed by atoms with E-state index in [1.807, 2.05) is 29.1 Å². The third kappa shape index (κ3) is 5.00. The Morgan fingerprint density at radius 3 is 2.85 bits per heavy atom. The number of methoxy groups -OCH3 is 1. The third-order valence-electron chi connectivity index (χ3n) is 4.76. The van der Waals surface area contributed by atoms with Gasteiger partial charge in [-0.25, -0.2) is 4.68 Å². The van der Waals surface area contributed by atoms with E-state index in [1.54, 1.807) is 13.2 Å². The van der Waals surface area contributed by atoms with E-state index in [9.17, 15) is 4.79 Å². The number of aromatic nitrogens is 2. The summed E-state index contributed by atoms with van der Waals surface area (Å²) in [6, 6.07) is 10.1. The van der Waals surface area contributed by atoms with E-state index < -0.39 is 0 Å². The fourth-order valence-corrected chi connectivity index (χ4v) is 3.34. The van der Waals surface area contributed by atoms with Gasteiger partial charge in [-0.05, 0) is 29.7 Å². The SMILES string of the molecule is CN=C(NCc1cccc(-n2cccn2)c1)N1CC(C)C(C(=O)OC)C1.I. The second kappa shape index (κ2) is 9.72. The van der Waals surface area contributed by atoms with Gasteiger partial charge in [0.15, 0.2) is 5.96 Å². The van der Waals surface area contributed by atoms with Crippen molar-refractivity contribution in [2.45, 2.75) is 13.5 Å². The van der Waals surface area contributed by atoms with Gasteiger partial charge in [0.1, 0.15) is 0 Å². The van der Waals surface area contributed by atoms with Crippen molar-refractivity contribution in [1.29, 1.82) is 0 Å². The topological polar surface area (TPSA) is 71.8 Å². The van der Waals surface area contributed by atoms with Crippen LogP contribution in [0.3, 0.4) is 0 Å². The van der Waals surface area contributed by atoms with Crippen LogP contribution < -0.4 is 5.32 Å². The van der Waals surface area contributed by atoms with Gasteiger partial charge in [-0.3, -0.25) is 9.79 Å². The molecule has 8 heteroatoms. The van der Waals surface area contributed by atoms with Crippen LogP contribution in [-0.4, -0.2) is 53.9 Å². The minimum atomic E-state index is -0.151. The average molecular weight is 483 g/mol. The largest absolute Gasteiger partial charge is 0.469 e. The van der Waals surface area contributed by atoms with E-state index in [4.69, 9.17) is 4.74 Å². The van der Waals surface area contributed by atoms with E-state index in [1.165, 1.54) is 7.11 Å². The van der Waals surface area contributed by atoms with Crippen molar-refractivity contribution in [2.24, 2.45) is 16.8 Å². The van der Waals surface area contributed by atoms with E-state index >= 15 is 0 Å². The molecule has 0 amide bonds. The number of ether oxygens (including phenoxy) is 1. The molecule has 1 aromatic carbocycles. The van der Waals surface area contributed by atoms with Gasteiger partial charge in [-0.15, -0.1) is 24.0 Å². The number of likely N-dealkylation sites (tertiary alicyclic amines) is 1. The number of nitrogens with zero attached hydrogens (tertiary/aromatic N) is 4. The van der Waals surface area contributed by atoms with Crippen molar-refractivity contribution in [3.8, 4) is 5.69 Å². The van der Waals surface area contributed by atoms with Crippen LogP contribution in [0.25, 0.3) is 5.69 Å². The van der Waals surface area contributed by atoms with Crippen molar-refractivity contribution in [2.75, 3.05) is 27.2 Å². The molecule has 3 rings (SSSR count). The van der Waals surface area contributed by atoms with Crippen molar-refractivity contribution in [3.63, 3.8) is 0 Å². The molecular formula is C19H26IN5O2. The maximum absolute atomic E-state index is 11.9. The van der Waals surface area contributed by atoms with Crippen molar-refractivity contribution in [1.82, 2.24) is 20.0 Å². The Labute approximate surface area is 176 Å². The molecule has 0 aliphatic carbocycles. The van der Waals surface area contributed by atoms with Gasteiger partial charge in [0.2, 0.25) is 0 Å². The van der Waals surface area contributed by atoms with Crippen LogP contribution in [-0.2, 0) is 16.1 Å². The lowest BCUT2D eigenvalue weighted by Gasteiger charge is -2.21. The lowest BCUT2D eigenvalue weighted by Crippen LogP contribution is -2.40. The molecule has 2 heterocycles. The first kappa shape index (κ1) is 21.2. The van der Waals surface area contributed by atoms with E-state index in [0.29, 0.717) is 13.1 Å². The Balaban J connectivity index is 0.00000261. The number of benzene rings is 1. The highest BCUT2D eigenvalue weighted by Gasteiger charge is 2.36. The molecule has 1 aromatic heterocycles. The number of nitrogens with one attached hydrogen (secondary N) is 1. The molecule has 27 heavy (non-hydrogen) atoms. The first-order valence-electron chi connectivity index (χ1n) is 8.74. The molecule has 146 valence electrons. The summed E-state index contributed by atoms with van der Waals surface area (Å²) >= 11 is 0. The molecule has 2 atom stereocenters. The van der Waals surface area contributed by atoms with Crippen molar-refractivity contribution >= 4 is 35.9 Å². The molecular weight excluding hydrogens is 457 g/mol. The number of aliphatic imine (C=N–C) groups is 1. The monoisotopic (exact) mass is 483 g/mol. The lowest BCUT2D eigenvalue weighted by atomic mass is 9.99. The Morgan fingerprint density at radius 1 is 1.37 bits per heavy atom. The second-order valence-electron chi connectivity index (χ2n) is 6.53. The molecule has 0 radical (unpaired) electrons. The summed E-state index contributed by atoms with van der Waals surface area (Å²) in [5, 5.41) is 7.66. The molecule has 2 aromatic rings. The molecule has 1 aliphatic rings. The van der Waals surface area contributed by atoms with E-state index in [2.05, 4.69) is 39.4 Å². The average Bonchev–Trinajstić information content (AvgIpc) is 3.32. The molecule has 1 fully saturated rings. The quantitative estimate of drug-likeness (QED) is 0.313. The molecule has 0 bridgehead atoms. The predicted molar refractivity (Wildman–Crippen MR) is 115 cm³/mol. The highest BCUT2D eigenvalue weighted by Crippen LogP contribution is 2.24. The summed E-state index contributed by atoms with van der Waals surface area (Å²) in [5.41, 5.74) is 2.15. The summed E-state index contributed by atoms with van der Waals surface area (Å²) in [4.78, 5) is 18.4. The summed E-state index contributed by atoms with van der Waals surface area (Å²) in [7, 11) is 3.20. The summed E-state index contributed by atoms with van der Waals surface area (Å²) in [6.45, 7) is 4.13. The number of halogens is 1. The zero-order valence-electron chi connectivity index (χ0n) is 15.8. The van der Waals surface area contributed by atoms with E-state index in [0.717, 1.165) is 23.8 Å². The second-order valence-corrected chi connectivity index (χ2v) is 6.53. The standard InChI is InChI=1S/C19H25N5O2.HI/c1-14-12-23(13-17(14)18(25)26-3)19(20-2)21-11-15-6-4-7-16(10-15)24-9-5-8-22-24;/h4-10,14,17H,11-13H2,1-3H3,(H,20,21);1H. The van der Waals surface area contributed by atoms with Crippen LogP contribution in [0.15, 0.2) is 47.7 Å². The number of rotatable bonds is 4. The van der Waals surface area contributed by atoms with Crippen LogP contribution in [0.2, 0.25) is 0 Å². The zero-order chi connectivity index (χ0) is 18.5. The van der Waals surface area contributed by atoms with Gasteiger partial charge >= 0.3 is 5.97 Å². The Kier molecular flexibility index (Phi) is 7.64. The smallest absolute Gasteiger partial charge is 0.310 e. The number of guanidine groups is 1. The Bertz CT molecular complexity index is 778. The lowest BCUT2D eigenvalue weighted by molar-refractivity contribution is -0.145. The van der Waals surface area contributed by atoms with Gasteiger partial charge < -0.3 is 15.0 Å². The minimum Gasteiger partial charge on any atom is -0.469 e. The van der Waals surface area contributed by atoms with Crippen LogP contribution in [0.5, 0.6) is 0 Å². The summed E-state index contributed by atoms with van der Waals surface area (Å²) < 4.78 is 6.74. The third-order valence-corrected chi connectivity index (χ3v) is 4.76. The van der Waals surface area contributed by atoms with Crippen molar-refractivity contribution < 1.29 is 9.53 Å². The summed E-state index contributed by atoms with van der Waals surface area (Å²) in [6.07, 6.45) is 3.68. The van der Waals surface area contributed by atoms with Gasteiger partial charge in [0.25, 0.3) is 0 Å². The number of esters is 1. The van der Waals surface area contributed by atoms with Gasteiger partial charge in [0, 0.05) is 39.1 Å². The van der Waals surface area contributed by atoms with Gasteiger partial charge in [-0.1, -0.05) is 19.1 Å².